The van der Waals surface area contributed by atoms with Gasteiger partial charge in [0.2, 0.25) is 5.90 Å². The highest BCUT2D eigenvalue weighted by Gasteiger charge is 2.24. The predicted molar refractivity (Wildman–Crippen MR) is 118 cm³/mol. The molecule has 0 atom stereocenters. The summed E-state index contributed by atoms with van der Waals surface area (Å²) in [6.45, 7) is 0. The van der Waals surface area contributed by atoms with Gasteiger partial charge in [-0.25, -0.2) is 14.6 Å². The van der Waals surface area contributed by atoms with Crippen LogP contribution in [-0.4, -0.2) is 17.8 Å². The molecule has 0 unspecified atom stereocenters. The molecule has 0 amide bonds. The number of carbonyl (C=O) groups excluding carboxylic acids is 2. The summed E-state index contributed by atoms with van der Waals surface area (Å²) in [7, 11) is 0. The zero-order chi connectivity index (χ0) is 21.1. The summed E-state index contributed by atoms with van der Waals surface area (Å²) in [5.41, 5.74) is 1.95. The summed E-state index contributed by atoms with van der Waals surface area (Å²) < 4.78 is 11.5. The summed E-state index contributed by atoms with van der Waals surface area (Å²) in [4.78, 5) is 28.6. The van der Waals surface area contributed by atoms with Crippen LogP contribution < -0.4 is 4.74 Å². The van der Waals surface area contributed by atoms with E-state index in [1.54, 1.807) is 78.9 Å². The van der Waals surface area contributed by atoms with Gasteiger partial charge in [0.1, 0.15) is 5.75 Å². The van der Waals surface area contributed by atoms with Gasteiger partial charge in [-0.1, -0.05) is 45.7 Å². The van der Waals surface area contributed by atoms with Crippen LogP contribution in [0.3, 0.4) is 0 Å². The number of nitrogens with zero attached hydrogens (tertiary/aromatic N) is 1. The molecule has 0 aromatic heterocycles. The summed E-state index contributed by atoms with van der Waals surface area (Å²) in [6, 6.07) is 20.5. The molecule has 0 radical (unpaired) electrons. The zero-order valence-electron chi connectivity index (χ0n) is 15.3. The highest BCUT2D eigenvalue weighted by Crippen LogP contribution is 2.22. The van der Waals surface area contributed by atoms with E-state index in [9.17, 15) is 9.59 Å². The van der Waals surface area contributed by atoms with Crippen LogP contribution in [0.15, 0.2) is 88.0 Å². The smallest absolute Gasteiger partial charge is 0.363 e. The Bertz CT molecular complexity index is 1180. The Hall–Kier alpha value is -3.22. The van der Waals surface area contributed by atoms with Crippen molar-refractivity contribution in [2.75, 3.05) is 0 Å². The quantitative estimate of drug-likeness (QED) is 0.273. The Labute approximate surface area is 185 Å². The normalized spacial score (nSPS) is 14.4. The van der Waals surface area contributed by atoms with Gasteiger partial charge in [-0.05, 0) is 66.2 Å². The number of hydrogen-bond acceptors (Lipinski definition) is 5. The van der Waals surface area contributed by atoms with Gasteiger partial charge in [0.15, 0.2) is 5.70 Å². The van der Waals surface area contributed by atoms with Crippen LogP contribution in [0, 0.1) is 0 Å². The van der Waals surface area contributed by atoms with Crippen molar-refractivity contribution >= 4 is 51.4 Å². The molecule has 0 N–H and O–H groups in total. The first-order valence-electron chi connectivity index (χ1n) is 8.84. The molecular weight excluding hydrogens is 470 g/mol. The SMILES string of the molecule is O=C1OC(c2cccc(Cl)c2)=N/C1=C/c1ccc(OC(=O)c2ccc(Br)cc2)cc1. The Morgan fingerprint density at radius 3 is 2.47 bits per heavy atom. The average molecular weight is 483 g/mol. The van der Waals surface area contributed by atoms with E-state index >= 15 is 0 Å². The summed E-state index contributed by atoms with van der Waals surface area (Å²) in [6.07, 6.45) is 1.60. The summed E-state index contributed by atoms with van der Waals surface area (Å²) >= 11 is 9.30. The molecule has 30 heavy (non-hydrogen) atoms. The molecule has 148 valence electrons. The van der Waals surface area contributed by atoms with E-state index < -0.39 is 11.9 Å². The second-order valence-electron chi connectivity index (χ2n) is 6.31. The second kappa shape index (κ2) is 8.65. The number of ether oxygens (including phenoxy) is 2. The number of cyclic esters (lactones) is 1. The fraction of sp³-hybridized carbons (Fsp3) is 0. The number of halogens is 2. The fourth-order valence-electron chi connectivity index (χ4n) is 2.70. The van der Waals surface area contributed by atoms with Crippen molar-refractivity contribution in [3.8, 4) is 5.75 Å². The van der Waals surface area contributed by atoms with Crippen molar-refractivity contribution in [2.45, 2.75) is 0 Å². The van der Waals surface area contributed by atoms with Crippen molar-refractivity contribution in [1.29, 1.82) is 0 Å². The third-order valence-electron chi connectivity index (χ3n) is 4.17. The second-order valence-corrected chi connectivity index (χ2v) is 7.66. The molecule has 0 aliphatic carbocycles. The molecule has 3 aromatic rings. The lowest BCUT2D eigenvalue weighted by Crippen LogP contribution is -2.08. The lowest BCUT2D eigenvalue weighted by atomic mass is 10.2. The average Bonchev–Trinajstić information content (AvgIpc) is 3.10. The van der Waals surface area contributed by atoms with Gasteiger partial charge in [-0.3, -0.25) is 0 Å². The van der Waals surface area contributed by atoms with Gasteiger partial charge in [0.05, 0.1) is 5.56 Å². The van der Waals surface area contributed by atoms with Crippen molar-refractivity contribution in [3.05, 3.63) is 105 Å². The summed E-state index contributed by atoms with van der Waals surface area (Å²) in [5, 5.41) is 0.525. The number of rotatable bonds is 4. The van der Waals surface area contributed by atoms with Crippen LogP contribution in [0.5, 0.6) is 5.75 Å². The number of aliphatic imine (C=N–C) groups is 1. The molecule has 0 saturated carbocycles. The van der Waals surface area contributed by atoms with Gasteiger partial charge in [0.25, 0.3) is 0 Å². The van der Waals surface area contributed by atoms with E-state index in [0.29, 0.717) is 27.5 Å². The van der Waals surface area contributed by atoms with E-state index in [1.165, 1.54) is 0 Å². The number of benzene rings is 3. The van der Waals surface area contributed by atoms with Gasteiger partial charge in [-0.15, -0.1) is 0 Å². The largest absolute Gasteiger partial charge is 0.423 e. The Balaban J connectivity index is 1.48. The third kappa shape index (κ3) is 4.67. The van der Waals surface area contributed by atoms with Crippen LogP contribution in [-0.2, 0) is 9.53 Å². The minimum absolute atomic E-state index is 0.171. The molecule has 1 heterocycles. The van der Waals surface area contributed by atoms with Crippen molar-refractivity contribution < 1.29 is 19.1 Å². The van der Waals surface area contributed by atoms with Gasteiger partial charge < -0.3 is 9.47 Å². The van der Waals surface area contributed by atoms with Crippen molar-refractivity contribution in [3.63, 3.8) is 0 Å². The molecular formula is C23H13BrClNO4. The van der Waals surface area contributed by atoms with Crippen LogP contribution in [0.2, 0.25) is 5.02 Å². The fourth-order valence-corrected chi connectivity index (χ4v) is 3.15. The first kappa shape index (κ1) is 20.1. The van der Waals surface area contributed by atoms with Crippen molar-refractivity contribution in [1.82, 2.24) is 0 Å². The van der Waals surface area contributed by atoms with Crippen LogP contribution in [0.1, 0.15) is 21.5 Å². The zero-order valence-corrected chi connectivity index (χ0v) is 17.7. The Kier molecular flexibility index (Phi) is 5.79. The highest BCUT2D eigenvalue weighted by molar-refractivity contribution is 9.10. The van der Waals surface area contributed by atoms with E-state index in [2.05, 4.69) is 20.9 Å². The molecule has 5 nitrogen and oxygen atoms in total. The van der Waals surface area contributed by atoms with Gasteiger partial charge in [0, 0.05) is 15.1 Å². The molecule has 7 heteroatoms. The molecule has 4 rings (SSSR count). The number of hydrogen-bond donors (Lipinski definition) is 0. The van der Waals surface area contributed by atoms with Gasteiger partial charge in [-0.2, -0.15) is 0 Å². The van der Waals surface area contributed by atoms with Crippen molar-refractivity contribution in [2.24, 2.45) is 4.99 Å². The monoisotopic (exact) mass is 481 g/mol. The lowest BCUT2D eigenvalue weighted by Gasteiger charge is -2.05. The van der Waals surface area contributed by atoms with E-state index in [0.717, 1.165) is 4.47 Å². The Morgan fingerprint density at radius 2 is 1.77 bits per heavy atom. The van der Waals surface area contributed by atoms with E-state index in [4.69, 9.17) is 21.1 Å². The van der Waals surface area contributed by atoms with Crippen LogP contribution in [0.4, 0.5) is 0 Å². The number of carbonyl (C=O) groups is 2. The standard InChI is InChI=1S/C23H13BrClNO4/c24-17-8-6-15(7-9-17)22(27)29-19-10-4-14(5-11-19)12-20-23(28)30-21(26-20)16-2-1-3-18(25)13-16/h1-13H/b20-12+. The number of esters is 2. The van der Waals surface area contributed by atoms with Crippen LogP contribution in [0.25, 0.3) is 6.08 Å². The van der Waals surface area contributed by atoms with E-state index in [-0.39, 0.29) is 11.6 Å². The Morgan fingerprint density at radius 1 is 1.03 bits per heavy atom. The minimum Gasteiger partial charge on any atom is -0.423 e. The molecule has 3 aromatic carbocycles. The topological polar surface area (TPSA) is 65.0 Å². The molecule has 0 saturated heterocycles. The molecule has 0 bridgehead atoms. The molecule has 1 aliphatic heterocycles. The maximum Gasteiger partial charge on any atom is 0.363 e. The summed E-state index contributed by atoms with van der Waals surface area (Å²) in [5.74, 6) is -0.407. The first-order valence-corrected chi connectivity index (χ1v) is 10.0. The predicted octanol–water partition coefficient (Wildman–Crippen LogP) is 5.67. The lowest BCUT2D eigenvalue weighted by molar-refractivity contribution is -0.129. The highest BCUT2D eigenvalue weighted by atomic mass is 79.9. The molecule has 1 aliphatic rings. The third-order valence-corrected chi connectivity index (χ3v) is 4.93. The van der Waals surface area contributed by atoms with E-state index in [1.807, 2.05) is 0 Å². The van der Waals surface area contributed by atoms with Crippen LogP contribution >= 0.6 is 27.5 Å². The first-order chi connectivity index (χ1) is 14.5. The minimum atomic E-state index is -0.546. The molecule has 0 spiro atoms. The maximum atomic E-state index is 12.2. The maximum absolute atomic E-state index is 12.2. The molecule has 0 fully saturated rings. The van der Waals surface area contributed by atoms with Gasteiger partial charge >= 0.3 is 11.9 Å².